The van der Waals surface area contributed by atoms with Crippen molar-refractivity contribution in [3.8, 4) is 0 Å². The van der Waals surface area contributed by atoms with Gasteiger partial charge in [-0.25, -0.2) is 8.42 Å². The van der Waals surface area contributed by atoms with Crippen molar-refractivity contribution in [3.63, 3.8) is 0 Å². The van der Waals surface area contributed by atoms with Gasteiger partial charge in [0.25, 0.3) is 10.0 Å². The van der Waals surface area contributed by atoms with E-state index < -0.39 is 38.7 Å². The van der Waals surface area contributed by atoms with Crippen LogP contribution in [0, 0.1) is 0 Å². The Morgan fingerprint density at radius 1 is 1.15 bits per heavy atom. The number of hydrogen-bond acceptors (Lipinski definition) is 4. The van der Waals surface area contributed by atoms with Crippen molar-refractivity contribution in [1.82, 2.24) is 0 Å². The molecule has 3 rings (SSSR count). The van der Waals surface area contributed by atoms with Gasteiger partial charge in [0.15, 0.2) is 0 Å². The normalized spacial score (nSPS) is 18.2. The van der Waals surface area contributed by atoms with Crippen LogP contribution in [0.3, 0.4) is 0 Å². The van der Waals surface area contributed by atoms with E-state index in [0.29, 0.717) is 6.07 Å². The average Bonchev–Trinajstić information content (AvgIpc) is 2.82. The van der Waals surface area contributed by atoms with Crippen molar-refractivity contribution in [2.45, 2.75) is 30.5 Å². The van der Waals surface area contributed by atoms with E-state index in [2.05, 4.69) is 0 Å². The van der Waals surface area contributed by atoms with Crippen LogP contribution >= 0.6 is 0 Å². The first-order chi connectivity index (χ1) is 12.7. The number of ether oxygens (including phenoxy) is 1. The molecule has 0 unspecified atom stereocenters. The molecule has 0 N–H and O–H groups in total. The number of sulfonamides is 1. The van der Waals surface area contributed by atoms with Crippen LogP contribution in [-0.4, -0.2) is 21.0 Å². The van der Waals surface area contributed by atoms with Gasteiger partial charge in [-0.15, -0.1) is 0 Å². The summed E-state index contributed by atoms with van der Waals surface area (Å²) in [4.78, 5) is 11.6. The highest BCUT2D eigenvalue weighted by molar-refractivity contribution is 7.93. The molecule has 0 aliphatic carbocycles. The van der Waals surface area contributed by atoms with Gasteiger partial charge in [0.05, 0.1) is 35.2 Å². The lowest BCUT2D eigenvalue weighted by atomic mass is 10.0. The Bertz CT molecular complexity index is 958. The minimum Gasteiger partial charge on any atom is -0.466 e. The minimum atomic E-state index is -4.68. The van der Waals surface area contributed by atoms with Crippen LogP contribution in [-0.2, 0) is 25.7 Å². The lowest BCUT2D eigenvalue weighted by Crippen LogP contribution is -2.30. The summed E-state index contributed by atoms with van der Waals surface area (Å²) >= 11 is 0. The van der Waals surface area contributed by atoms with E-state index in [1.54, 1.807) is 25.1 Å². The Kier molecular flexibility index (Phi) is 4.90. The molecule has 1 aliphatic heterocycles. The number of fused-ring (bicyclic) bond motifs is 1. The van der Waals surface area contributed by atoms with Gasteiger partial charge >= 0.3 is 12.1 Å². The molecule has 1 aliphatic rings. The molecule has 9 heteroatoms. The highest BCUT2D eigenvalue weighted by Gasteiger charge is 2.45. The van der Waals surface area contributed by atoms with Crippen LogP contribution < -0.4 is 4.31 Å². The number of esters is 1. The summed E-state index contributed by atoms with van der Waals surface area (Å²) in [6, 6.07) is 9.51. The predicted octanol–water partition coefficient (Wildman–Crippen LogP) is 3.91. The number of carbonyl (C=O) groups excluding carboxylic acids is 1. The van der Waals surface area contributed by atoms with Crippen LogP contribution in [0.5, 0.6) is 0 Å². The molecule has 0 saturated carbocycles. The first kappa shape index (κ1) is 19.2. The lowest BCUT2D eigenvalue weighted by Gasteiger charge is -2.25. The lowest BCUT2D eigenvalue weighted by molar-refractivity contribution is -0.143. The SMILES string of the molecule is CCOC(=O)C[C@H]1c2ccc(C(F)(F)F)cc2S(=O)(=O)N1c1ccccc1. The molecule has 1 atom stereocenters. The zero-order valence-corrected chi connectivity index (χ0v) is 15.0. The van der Waals surface area contributed by atoms with E-state index in [0.717, 1.165) is 16.4 Å². The number of carbonyl (C=O) groups is 1. The third kappa shape index (κ3) is 3.51. The number of benzene rings is 2. The fourth-order valence-corrected chi connectivity index (χ4v) is 4.99. The molecule has 0 spiro atoms. The van der Waals surface area contributed by atoms with Gasteiger partial charge in [0, 0.05) is 0 Å². The van der Waals surface area contributed by atoms with E-state index in [-0.39, 0.29) is 24.3 Å². The number of rotatable bonds is 4. The van der Waals surface area contributed by atoms with Crippen molar-refractivity contribution >= 4 is 21.7 Å². The smallest absolute Gasteiger partial charge is 0.416 e. The van der Waals surface area contributed by atoms with Gasteiger partial charge in [-0.05, 0) is 36.8 Å². The Morgan fingerprint density at radius 3 is 2.41 bits per heavy atom. The molecule has 2 aromatic rings. The second-order valence-corrected chi connectivity index (χ2v) is 7.70. The van der Waals surface area contributed by atoms with Gasteiger partial charge in [-0.3, -0.25) is 9.10 Å². The summed E-state index contributed by atoms with van der Waals surface area (Å²) in [5.41, 5.74) is -0.661. The molecule has 5 nitrogen and oxygen atoms in total. The molecule has 0 amide bonds. The summed E-state index contributed by atoms with van der Waals surface area (Å²) in [5.74, 6) is -0.633. The third-order valence-electron chi connectivity index (χ3n) is 4.20. The number of hydrogen-bond donors (Lipinski definition) is 0. The van der Waals surface area contributed by atoms with Gasteiger partial charge in [0.1, 0.15) is 0 Å². The van der Waals surface area contributed by atoms with Crippen LogP contribution in [0.2, 0.25) is 0 Å². The number of halogens is 3. The van der Waals surface area contributed by atoms with Crippen LogP contribution in [0.1, 0.15) is 30.5 Å². The Hall–Kier alpha value is -2.55. The van der Waals surface area contributed by atoms with E-state index in [9.17, 15) is 26.4 Å². The molecule has 0 bridgehead atoms. The highest BCUT2D eigenvalue weighted by Crippen LogP contribution is 2.46. The number of para-hydroxylation sites is 1. The molecular formula is C18H16F3NO4S. The zero-order valence-electron chi connectivity index (χ0n) is 14.2. The average molecular weight is 399 g/mol. The van der Waals surface area contributed by atoms with Crippen molar-refractivity contribution in [1.29, 1.82) is 0 Å². The fraction of sp³-hybridized carbons (Fsp3) is 0.278. The first-order valence-corrected chi connectivity index (χ1v) is 9.56. The third-order valence-corrected chi connectivity index (χ3v) is 6.09. The molecule has 144 valence electrons. The molecule has 1 heterocycles. The molecule has 27 heavy (non-hydrogen) atoms. The maximum absolute atomic E-state index is 13.1. The molecule has 0 saturated heterocycles. The summed E-state index contributed by atoms with van der Waals surface area (Å²) < 4.78 is 71.1. The monoisotopic (exact) mass is 399 g/mol. The number of alkyl halides is 3. The molecule has 2 aromatic carbocycles. The summed E-state index contributed by atoms with van der Waals surface area (Å²) in [6.45, 7) is 1.73. The van der Waals surface area contributed by atoms with Crippen LogP contribution in [0.25, 0.3) is 0 Å². The van der Waals surface area contributed by atoms with E-state index in [1.165, 1.54) is 12.1 Å². The first-order valence-electron chi connectivity index (χ1n) is 8.12. The minimum absolute atomic E-state index is 0.115. The summed E-state index contributed by atoms with van der Waals surface area (Å²) in [6.07, 6.45) is -4.98. The number of anilines is 1. The number of nitrogens with zero attached hydrogens (tertiary/aromatic N) is 1. The van der Waals surface area contributed by atoms with Gasteiger partial charge in [-0.2, -0.15) is 13.2 Å². The Morgan fingerprint density at radius 2 is 1.81 bits per heavy atom. The molecule has 0 radical (unpaired) electrons. The van der Waals surface area contributed by atoms with Crippen molar-refractivity contribution in [3.05, 3.63) is 59.7 Å². The van der Waals surface area contributed by atoms with Gasteiger partial charge in [0.2, 0.25) is 0 Å². The molecular weight excluding hydrogens is 383 g/mol. The van der Waals surface area contributed by atoms with Crippen LogP contribution in [0.4, 0.5) is 18.9 Å². The molecule has 0 aromatic heterocycles. The van der Waals surface area contributed by atoms with Crippen LogP contribution in [0.15, 0.2) is 53.4 Å². The predicted molar refractivity (Wildman–Crippen MR) is 91.5 cm³/mol. The second-order valence-electron chi connectivity index (χ2n) is 5.91. The highest BCUT2D eigenvalue weighted by atomic mass is 32.2. The Balaban J connectivity index is 2.16. The largest absolute Gasteiger partial charge is 0.466 e. The maximum atomic E-state index is 13.1. The Labute approximate surface area is 154 Å². The van der Waals surface area contributed by atoms with Crippen molar-refractivity contribution < 1.29 is 31.1 Å². The quantitative estimate of drug-likeness (QED) is 0.732. The van der Waals surface area contributed by atoms with E-state index in [4.69, 9.17) is 4.74 Å². The standard InChI is InChI=1S/C18H16F3NO4S/c1-2-26-17(23)11-15-14-9-8-12(18(19,20)21)10-16(14)27(24,25)22(15)13-6-4-3-5-7-13/h3-10,15H,2,11H2,1H3/t15-/m0/s1. The molecule has 0 fully saturated rings. The van der Waals surface area contributed by atoms with Crippen molar-refractivity contribution in [2.24, 2.45) is 0 Å². The van der Waals surface area contributed by atoms with Crippen molar-refractivity contribution in [2.75, 3.05) is 10.9 Å². The van der Waals surface area contributed by atoms with E-state index >= 15 is 0 Å². The fourth-order valence-electron chi connectivity index (χ4n) is 3.07. The topological polar surface area (TPSA) is 63.7 Å². The summed E-state index contributed by atoms with van der Waals surface area (Å²) in [7, 11) is -4.27. The van der Waals surface area contributed by atoms with Gasteiger partial charge in [-0.1, -0.05) is 24.3 Å². The van der Waals surface area contributed by atoms with E-state index in [1.807, 2.05) is 0 Å². The second kappa shape index (κ2) is 6.88. The maximum Gasteiger partial charge on any atom is 0.416 e. The zero-order chi connectivity index (χ0) is 19.8. The summed E-state index contributed by atoms with van der Waals surface area (Å²) in [5, 5.41) is 0. The van der Waals surface area contributed by atoms with Gasteiger partial charge < -0.3 is 4.74 Å².